The van der Waals surface area contributed by atoms with Gasteiger partial charge in [0.1, 0.15) is 0 Å². The van der Waals surface area contributed by atoms with Crippen molar-refractivity contribution in [3.8, 4) is 0 Å². The van der Waals surface area contributed by atoms with E-state index < -0.39 is 15.6 Å². The van der Waals surface area contributed by atoms with Crippen molar-refractivity contribution < 1.29 is 13.2 Å². The predicted octanol–water partition coefficient (Wildman–Crippen LogP) is 1.78. The van der Waals surface area contributed by atoms with E-state index in [0.717, 1.165) is 37.7 Å². The van der Waals surface area contributed by atoms with Crippen LogP contribution in [0.1, 0.15) is 45.1 Å². The van der Waals surface area contributed by atoms with Gasteiger partial charge < -0.3 is 10.6 Å². The molecular weight excluding hydrogens is 338 g/mol. The lowest BCUT2D eigenvalue weighted by Crippen LogP contribution is -2.58. The summed E-state index contributed by atoms with van der Waals surface area (Å²) in [5.74, 6) is 0.129. The highest BCUT2D eigenvalue weighted by molar-refractivity contribution is 7.89. The molecule has 0 radical (unpaired) electrons. The van der Waals surface area contributed by atoms with Gasteiger partial charge in [-0.25, -0.2) is 13.1 Å². The number of fused-ring (bicyclic) bond motifs is 1. The van der Waals surface area contributed by atoms with E-state index in [0.29, 0.717) is 12.2 Å². The largest absolute Gasteiger partial charge is 0.329 e. The fourth-order valence-corrected chi connectivity index (χ4v) is 5.64. The van der Waals surface area contributed by atoms with Crippen LogP contribution in [-0.4, -0.2) is 33.0 Å². The van der Waals surface area contributed by atoms with Crippen LogP contribution >= 0.6 is 0 Å². The van der Waals surface area contributed by atoms with Crippen molar-refractivity contribution in [2.75, 3.05) is 18.0 Å². The molecule has 1 fully saturated rings. The zero-order chi connectivity index (χ0) is 18.2. The number of nitrogens with zero attached hydrogens (tertiary/aromatic N) is 1. The number of benzene rings is 1. The number of amides is 1. The molecule has 1 amide bonds. The Kier molecular flexibility index (Phi) is 4.92. The molecule has 2 atom stereocenters. The van der Waals surface area contributed by atoms with E-state index in [2.05, 4.69) is 11.6 Å². The highest BCUT2D eigenvalue weighted by Crippen LogP contribution is 2.35. The van der Waals surface area contributed by atoms with Gasteiger partial charge in [0.15, 0.2) is 0 Å². The highest BCUT2D eigenvalue weighted by Gasteiger charge is 2.40. The minimum Gasteiger partial charge on any atom is -0.329 e. The number of hydrogen-bond donors (Lipinski definition) is 2. The second-order valence-corrected chi connectivity index (χ2v) is 9.01. The van der Waals surface area contributed by atoms with E-state index in [1.165, 1.54) is 6.92 Å². The molecule has 2 aliphatic rings. The lowest BCUT2D eigenvalue weighted by molar-refractivity contribution is -0.116. The van der Waals surface area contributed by atoms with Gasteiger partial charge in [0.2, 0.25) is 15.9 Å². The summed E-state index contributed by atoms with van der Waals surface area (Å²) in [5, 5.41) is 0. The molecule has 3 N–H and O–H groups in total. The quantitative estimate of drug-likeness (QED) is 0.851. The number of carbonyl (C=O) groups excluding carboxylic acids is 1. The Morgan fingerprint density at radius 1 is 1.40 bits per heavy atom. The molecule has 0 saturated heterocycles. The second-order valence-electron chi connectivity index (χ2n) is 7.32. The number of anilines is 1. The first-order valence-electron chi connectivity index (χ1n) is 8.94. The average molecular weight is 365 g/mol. The van der Waals surface area contributed by atoms with Gasteiger partial charge in [-0.2, -0.15) is 0 Å². The lowest BCUT2D eigenvalue weighted by Gasteiger charge is -2.42. The van der Waals surface area contributed by atoms with Crippen molar-refractivity contribution >= 4 is 21.6 Å². The first-order chi connectivity index (χ1) is 11.8. The van der Waals surface area contributed by atoms with E-state index in [-0.39, 0.29) is 23.3 Å². The molecule has 1 aliphatic carbocycles. The fraction of sp³-hybridized carbons (Fsp3) is 0.611. The van der Waals surface area contributed by atoms with Gasteiger partial charge in [-0.15, -0.1) is 0 Å². The van der Waals surface area contributed by atoms with Crippen molar-refractivity contribution in [3.05, 3.63) is 23.8 Å². The Balaban J connectivity index is 1.93. The zero-order valence-corrected chi connectivity index (χ0v) is 15.7. The molecule has 1 saturated carbocycles. The smallest absolute Gasteiger partial charge is 0.241 e. The van der Waals surface area contributed by atoms with Crippen LogP contribution in [0.5, 0.6) is 0 Å². The van der Waals surface area contributed by atoms with Crippen molar-refractivity contribution in [1.82, 2.24) is 4.72 Å². The number of rotatable bonds is 4. The van der Waals surface area contributed by atoms with Crippen LogP contribution in [0.15, 0.2) is 23.1 Å². The van der Waals surface area contributed by atoms with Crippen molar-refractivity contribution in [1.29, 1.82) is 0 Å². The van der Waals surface area contributed by atoms with Gasteiger partial charge in [0, 0.05) is 31.2 Å². The molecule has 1 aromatic carbocycles. The maximum absolute atomic E-state index is 13.0. The molecular formula is C18H27N3O3S. The minimum absolute atomic E-state index is 0.0689. The number of hydrogen-bond acceptors (Lipinski definition) is 4. The third kappa shape index (κ3) is 3.32. The molecule has 1 heterocycles. The van der Waals surface area contributed by atoms with Gasteiger partial charge >= 0.3 is 0 Å². The first-order valence-corrected chi connectivity index (χ1v) is 10.4. The SMILES string of the molecule is CC(=O)N1CCc2ccc(S(=O)(=O)NC3(CN)CCCCC3C)cc21. The van der Waals surface area contributed by atoms with E-state index in [9.17, 15) is 13.2 Å². The number of carbonyl (C=O) groups is 1. The van der Waals surface area contributed by atoms with Gasteiger partial charge in [-0.1, -0.05) is 25.8 Å². The summed E-state index contributed by atoms with van der Waals surface area (Å²) in [5.41, 5.74) is 7.11. The summed E-state index contributed by atoms with van der Waals surface area (Å²) in [6.07, 6.45) is 4.58. The van der Waals surface area contributed by atoms with Gasteiger partial charge in [0.05, 0.1) is 4.90 Å². The van der Waals surface area contributed by atoms with E-state index in [1.54, 1.807) is 17.0 Å². The van der Waals surface area contributed by atoms with Gasteiger partial charge in [0.25, 0.3) is 0 Å². The Morgan fingerprint density at radius 3 is 2.80 bits per heavy atom. The third-order valence-corrected chi connectivity index (χ3v) is 7.35. The van der Waals surface area contributed by atoms with Crippen LogP contribution in [0.2, 0.25) is 0 Å². The number of nitrogens with two attached hydrogens (primary N) is 1. The Labute approximate surface area is 149 Å². The second kappa shape index (κ2) is 6.70. The van der Waals surface area contributed by atoms with Crippen LogP contribution in [0.25, 0.3) is 0 Å². The van der Waals surface area contributed by atoms with Crippen LogP contribution in [0.4, 0.5) is 5.69 Å². The predicted molar refractivity (Wildman–Crippen MR) is 97.9 cm³/mol. The fourth-order valence-electron chi connectivity index (χ4n) is 4.09. The monoisotopic (exact) mass is 365 g/mol. The van der Waals surface area contributed by atoms with E-state index >= 15 is 0 Å². The van der Waals surface area contributed by atoms with Crippen LogP contribution in [0, 0.1) is 5.92 Å². The maximum Gasteiger partial charge on any atom is 0.241 e. The maximum atomic E-state index is 13.0. The summed E-state index contributed by atoms with van der Waals surface area (Å²) in [7, 11) is -3.70. The zero-order valence-electron chi connectivity index (χ0n) is 14.9. The number of sulfonamides is 1. The van der Waals surface area contributed by atoms with Crippen LogP contribution in [0.3, 0.4) is 0 Å². The summed E-state index contributed by atoms with van der Waals surface area (Å²) in [4.78, 5) is 13.6. The average Bonchev–Trinajstić information content (AvgIpc) is 3.00. The Bertz CT molecular complexity index is 778. The lowest BCUT2D eigenvalue weighted by atomic mass is 9.74. The van der Waals surface area contributed by atoms with E-state index in [1.807, 2.05) is 6.07 Å². The topological polar surface area (TPSA) is 92.5 Å². The summed E-state index contributed by atoms with van der Waals surface area (Å²) >= 11 is 0. The molecule has 138 valence electrons. The van der Waals surface area contributed by atoms with E-state index in [4.69, 9.17) is 5.73 Å². The number of nitrogens with one attached hydrogen (secondary N) is 1. The molecule has 0 spiro atoms. The van der Waals surface area contributed by atoms with Crippen LogP contribution < -0.4 is 15.4 Å². The standard InChI is InChI=1S/C18H27N3O3S/c1-13-5-3-4-9-18(13,12-19)20-25(23,24)16-7-6-15-8-10-21(14(2)22)17(15)11-16/h6-7,11,13,20H,3-5,8-10,12,19H2,1-2H3. The molecule has 0 bridgehead atoms. The van der Waals surface area contributed by atoms with Gasteiger partial charge in [-0.3, -0.25) is 4.79 Å². The highest BCUT2D eigenvalue weighted by atomic mass is 32.2. The summed E-state index contributed by atoms with van der Waals surface area (Å²) in [6, 6.07) is 5.05. The van der Waals surface area contributed by atoms with Gasteiger partial charge in [-0.05, 0) is 42.9 Å². The molecule has 25 heavy (non-hydrogen) atoms. The van der Waals surface area contributed by atoms with Crippen LogP contribution in [-0.2, 0) is 21.2 Å². The van der Waals surface area contributed by atoms with Crippen molar-refractivity contribution in [2.24, 2.45) is 11.7 Å². The first kappa shape index (κ1) is 18.4. The van der Waals surface area contributed by atoms with Crippen molar-refractivity contribution in [2.45, 2.75) is 56.4 Å². The summed E-state index contributed by atoms with van der Waals surface area (Å²) < 4.78 is 28.9. The molecule has 0 aromatic heterocycles. The molecule has 1 aromatic rings. The van der Waals surface area contributed by atoms with Crippen molar-refractivity contribution in [3.63, 3.8) is 0 Å². The third-order valence-electron chi connectivity index (χ3n) is 5.80. The molecule has 1 aliphatic heterocycles. The minimum atomic E-state index is -3.70. The Morgan fingerprint density at radius 2 is 2.16 bits per heavy atom. The molecule has 6 nitrogen and oxygen atoms in total. The Hall–Kier alpha value is -1.44. The molecule has 7 heteroatoms. The molecule has 3 rings (SSSR count). The normalized spacial score (nSPS) is 26.5. The molecule has 2 unspecified atom stereocenters. The summed E-state index contributed by atoms with van der Waals surface area (Å²) in [6.45, 7) is 4.46.